The summed E-state index contributed by atoms with van der Waals surface area (Å²) in [5.41, 5.74) is 0.979. The molecule has 1 amide bonds. The second kappa shape index (κ2) is 8.66. The molecule has 6 nitrogen and oxygen atoms in total. The number of rotatable bonds is 7. The van der Waals surface area contributed by atoms with Crippen LogP contribution in [0.25, 0.3) is 0 Å². The topological polar surface area (TPSA) is 66.0 Å². The van der Waals surface area contributed by atoms with E-state index in [1.165, 1.54) is 0 Å². The maximum atomic E-state index is 12.4. The largest absolute Gasteiger partial charge is 0.497 e. The standard InChI is InChI=1S/C21H25NO5/c1-14(2)21(15-4-9-18-19(12-15)26-11-10-25-18)22-20(23)13-27-17-7-5-16(24-3)6-8-17/h4-9,12,14,21H,10-11,13H2,1-3H3,(H,22,23). The van der Waals surface area contributed by atoms with Crippen molar-refractivity contribution < 1.29 is 23.7 Å². The van der Waals surface area contributed by atoms with Gasteiger partial charge in [0.05, 0.1) is 13.2 Å². The van der Waals surface area contributed by atoms with Gasteiger partial charge < -0.3 is 24.3 Å². The van der Waals surface area contributed by atoms with Gasteiger partial charge in [-0.1, -0.05) is 19.9 Å². The number of nitrogens with one attached hydrogen (secondary N) is 1. The van der Waals surface area contributed by atoms with Crippen molar-refractivity contribution in [2.45, 2.75) is 19.9 Å². The third-order valence-electron chi connectivity index (χ3n) is 4.34. The van der Waals surface area contributed by atoms with Gasteiger partial charge in [0.15, 0.2) is 18.1 Å². The molecule has 1 heterocycles. The molecule has 27 heavy (non-hydrogen) atoms. The van der Waals surface area contributed by atoms with Crippen LogP contribution in [-0.4, -0.2) is 32.8 Å². The van der Waals surface area contributed by atoms with Crippen LogP contribution in [0.15, 0.2) is 42.5 Å². The average molecular weight is 371 g/mol. The number of hydrogen-bond donors (Lipinski definition) is 1. The predicted octanol–water partition coefficient (Wildman–Crippen LogP) is 3.36. The summed E-state index contributed by atoms with van der Waals surface area (Å²) in [6.45, 7) is 5.16. The number of amides is 1. The van der Waals surface area contributed by atoms with Crippen LogP contribution in [0.2, 0.25) is 0 Å². The molecule has 1 unspecified atom stereocenters. The van der Waals surface area contributed by atoms with Crippen LogP contribution in [0, 0.1) is 5.92 Å². The van der Waals surface area contributed by atoms with E-state index in [-0.39, 0.29) is 24.5 Å². The van der Waals surface area contributed by atoms with Crippen LogP contribution < -0.4 is 24.3 Å². The second-order valence-corrected chi connectivity index (χ2v) is 6.66. The summed E-state index contributed by atoms with van der Waals surface area (Å²) in [6, 6.07) is 12.8. The summed E-state index contributed by atoms with van der Waals surface area (Å²) in [5.74, 6) is 2.84. The first-order valence-corrected chi connectivity index (χ1v) is 9.02. The van der Waals surface area contributed by atoms with E-state index in [1.807, 2.05) is 18.2 Å². The molecule has 0 saturated heterocycles. The zero-order valence-corrected chi connectivity index (χ0v) is 15.9. The van der Waals surface area contributed by atoms with Gasteiger partial charge >= 0.3 is 0 Å². The number of fused-ring (bicyclic) bond motifs is 1. The van der Waals surface area contributed by atoms with Crippen molar-refractivity contribution in [3.8, 4) is 23.0 Å². The van der Waals surface area contributed by atoms with Gasteiger partial charge in [-0.15, -0.1) is 0 Å². The molecule has 2 aromatic carbocycles. The number of methoxy groups -OCH3 is 1. The molecule has 0 spiro atoms. The van der Waals surface area contributed by atoms with Crippen molar-refractivity contribution in [3.05, 3.63) is 48.0 Å². The highest BCUT2D eigenvalue weighted by Crippen LogP contribution is 2.34. The molecular weight excluding hydrogens is 346 g/mol. The molecule has 0 radical (unpaired) electrons. The van der Waals surface area contributed by atoms with Crippen molar-refractivity contribution >= 4 is 5.91 Å². The van der Waals surface area contributed by atoms with Crippen LogP contribution >= 0.6 is 0 Å². The third-order valence-corrected chi connectivity index (χ3v) is 4.34. The summed E-state index contributed by atoms with van der Waals surface area (Å²) < 4.78 is 21.9. The van der Waals surface area contributed by atoms with Gasteiger partial charge in [0.1, 0.15) is 24.7 Å². The van der Waals surface area contributed by atoms with E-state index >= 15 is 0 Å². The summed E-state index contributed by atoms with van der Waals surface area (Å²) in [6.07, 6.45) is 0. The Morgan fingerprint density at radius 3 is 2.37 bits per heavy atom. The monoisotopic (exact) mass is 371 g/mol. The smallest absolute Gasteiger partial charge is 0.258 e. The van der Waals surface area contributed by atoms with Gasteiger partial charge in [0.2, 0.25) is 0 Å². The molecule has 3 rings (SSSR count). The molecule has 2 aromatic rings. The number of carbonyl (C=O) groups is 1. The predicted molar refractivity (Wildman–Crippen MR) is 102 cm³/mol. The minimum absolute atomic E-state index is 0.0555. The number of ether oxygens (including phenoxy) is 4. The molecule has 0 fully saturated rings. The van der Waals surface area contributed by atoms with Crippen LogP contribution in [0.4, 0.5) is 0 Å². The number of hydrogen-bond acceptors (Lipinski definition) is 5. The van der Waals surface area contributed by atoms with Crippen LogP contribution in [-0.2, 0) is 4.79 Å². The van der Waals surface area contributed by atoms with Crippen LogP contribution in [0.5, 0.6) is 23.0 Å². The van der Waals surface area contributed by atoms with Gasteiger partial charge in [0.25, 0.3) is 5.91 Å². The Balaban J connectivity index is 1.62. The second-order valence-electron chi connectivity index (χ2n) is 6.66. The lowest BCUT2D eigenvalue weighted by molar-refractivity contribution is -0.124. The molecule has 1 aliphatic heterocycles. The fourth-order valence-corrected chi connectivity index (χ4v) is 2.92. The maximum Gasteiger partial charge on any atom is 0.258 e. The first-order valence-electron chi connectivity index (χ1n) is 9.02. The van der Waals surface area contributed by atoms with Crippen molar-refractivity contribution in [1.29, 1.82) is 0 Å². The van der Waals surface area contributed by atoms with Gasteiger partial charge in [-0.2, -0.15) is 0 Å². The summed E-state index contributed by atoms with van der Waals surface area (Å²) in [4.78, 5) is 12.4. The van der Waals surface area contributed by atoms with E-state index in [9.17, 15) is 4.79 Å². The Morgan fingerprint density at radius 1 is 1.04 bits per heavy atom. The fourth-order valence-electron chi connectivity index (χ4n) is 2.92. The van der Waals surface area contributed by atoms with Crippen molar-refractivity contribution in [3.63, 3.8) is 0 Å². The third kappa shape index (κ3) is 4.84. The van der Waals surface area contributed by atoms with E-state index in [4.69, 9.17) is 18.9 Å². The fraction of sp³-hybridized carbons (Fsp3) is 0.381. The van der Waals surface area contributed by atoms with Gasteiger partial charge in [-0.05, 0) is 47.9 Å². The molecular formula is C21H25NO5. The highest BCUT2D eigenvalue weighted by molar-refractivity contribution is 5.78. The minimum atomic E-state index is -0.181. The van der Waals surface area contributed by atoms with Gasteiger partial charge in [0, 0.05) is 0 Å². The SMILES string of the molecule is COc1ccc(OCC(=O)NC(c2ccc3c(c2)OCCO3)C(C)C)cc1. The molecule has 0 saturated carbocycles. The Kier molecular flexibility index (Phi) is 6.06. The highest BCUT2D eigenvalue weighted by atomic mass is 16.6. The first-order chi connectivity index (χ1) is 13.1. The molecule has 0 aromatic heterocycles. The van der Waals surface area contributed by atoms with Gasteiger partial charge in [-0.25, -0.2) is 0 Å². The zero-order chi connectivity index (χ0) is 19.2. The van der Waals surface area contributed by atoms with Crippen molar-refractivity contribution in [1.82, 2.24) is 5.32 Å². The lowest BCUT2D eigenvalue weighted by Crippen LogP contribution is -2.35. The van der Waals surface area contributed by atoms with E-state index < -0.39 is 0 Å². The summed E-state index contributed by atoms with van der Waals surface area (Å²) in [7, 11) is 1.60. The van der Waals surface area contributed by atoms with E-state index in [0.717, 1.165) is 17.1 Å². The minimum Gasteiger partial charge on any atom is -0.497 e. The van der Waals surface area contributed by atoms with Crippen molar-refractivity contribution in [2.75, 3.05) is 26.9 Å². The maximum absolute atomic E-state index is 12.4. The van der Waals surface area contributed by atoms with Crippen LogP contribution in [0.3, 0.4) is 0 Å². The summed E-state index contributed by atoms with van der Waals surface area (Å²) in [5, 5.41) is 3.05. The highest BCUT2D eigenvalue weighted by Gasteiger charge is 2.21. The Hall–Kier alpha value is -2.89. The van der Waals surface area contributed by atoms with Crippen LogP contribution in [0.1, 0.15) is 25.5 Å². The van der Waals surface area contributed by atoms with E-state index in [0.29, 0.717) is 24.7 Å². The molecule has 1 N–H and O–H groups in total. The molecule has 0 bridgehead atoms. The quantitative estimate of drug-likeness (QED) is 0.808. The Labute approximate surface area is 159 Å². The number of carbonyl (C=O) groups excluding carboxylic acids is 1. The number of benzene rings is 2. The lowest BCUT2D eigenvalue weighted by Gasteiger charge is -2.25. The molecule has 0 aliphatic carbocycles. The lowest BCUT2D eigenvalue weighted by atomic mass is 9.95. The molecule has 6 heteroatoms. The first kappa shape index (κ1) is 18.9. The average Bonchev–Trinajstić information content (AvgIpc) is 2.70. The Bertz CT molecular complexity index is 773. The molecule has 1 atom stereocenters. The normalized spacial score (nSPS) is 13.8. The summed E-state index contributed by atoms with van der Waals surface area (Å²) >= 11 is 0. The zero-order valence-electron chi connectivity index (χ0n) is 15.9. The molecule has 144 valence electrons. The van der Waals surface area contributed by atoms with E-state index in [1.54, 1.807) is 31.4 Å². The van der Waals surface area contributed by atoms with Gasteiger partial charge in [-0.3, -0.25) is 4.79 Å². The van der Waals surface area contributed by atoms with Crippen molar-refractivity contribution in [2.24, 2.45) is 5.92 Å². The molecule has 1 aliphatic rings. The Morgan fingerprint density at radius 2 is 1.70 bits per heavy atom. The van der Waals surface area contributed by atoms with E-state index in [2.05, 4.69) is 19.2 Å².